The van der Waals surface area contributed by atoms with Crippen LogP contribution in [0.15, 0.2) is 23.8 Å². The lowest BCUT2D eigenvalue weighted by Crippen LogP contribution is -2.27. The molecule has 0 aromatic heterocycles. The number of primary amides is 1. The minimum atomic E-state index is -2.38. The van der Waals surface area contributed by atoms with Crippen LogP contribution in [0.2, 0.25) is 5.02 Å². The minimum absolute atomic E-state index is 0.110. The van der Waals surface area contributed by atoms with E-state index in [4.69, 9.17) is 24.2 Å². The number of carbonyl (C=O) groups excluding carboxylic acids is 1. The van der Waals surface area contributed by atoms with Crippen molar-refractivity contribution in [1.82, 2.24) is 0 Å². The Kier molecular flexibility index (Phi) is 1.51. The fourth-order valence-electron chi connectivity index (χ4n) is 2.36. The largest absolute Gasteiger partial charge is 0.369 e. The molecule has 0 heterocycles. The fraction of sp³-hybridized carbons (Fsp3) is 0.357. The Bertz CT molecular complexity index is 730. The van der Waals surface area contributed by atoms with Gasteiger partial charge in [-0.05, 0) is 60.0 Å². The van der Waals surface area contributed by atoms with Crippen molar-refractivity contribution in [2.75, 3.05) is 0 Å². The fourth-order valence-corrected chi connectivity index (χ4v) is 2.53. The predicted octanol–water partition coefficient (Wildman–Crippen LogP) is 2.94. The molecule has 1 aromatic carbocycles. The summed E-state index contributed by atoms with van der Waals surface area (Å²) in [5.74, 6) is -3.38. The third-order valence-electron chi connectivity index (χ3n) is 3.09. The van der Waals surface area contributed by atoms with Gasteiger partial charge in [-0.3, -0.25) is 4.79 Å². The van der Waals surface area contributed by atoms with E-state index >= 15 is 0 Å². The molecule has 1 aromatic rings. The van der Waals surface area contributed by atoms with Crippen molar-refractivity contribution in [3.8, 4) is 0 Å². The molecule has 2 N–H and O–H groups in total. The third kappa shape index (κ3) is 1.67. The minimum Gasteiger partial charge on any atom is -0.369 e. The molecule has 3 rings (SSSR count). The molecule has 0 saturated heterocycles. The number of halogens is 1. The second kappa shape index (κ2) is 3.88. The smallest absolute Gasteiger partial charge is 0.224 e. The van der Waals surface area contributed by atoms with E-state index in [-0.39, 0.29) is 17.6 Å². The zero-order valence-electron chi connectivity index (χ0n) is 14.0. The van der Waals surface area contributed by atoms with Crippen LogP contribution in [0.1, 0.15) is 37.1 Å². The summed E-state index contributed by atoms with van der Waals surface area (Å²) in [5, 5.41) is 0.423. The molecule has 0 bridgehead atoms. The molecule has 88 valence electrons. The molecule has 2 aliphatic rings. The normalized spacial score (nSPS) is 36.9. The molecule has 0 aliphatic heterocycles. The highest BCUT2D eigenvalue weighted by Gasteiger charge is 2.32. The van der Waals surface area contributed by atoms with Crippen LogP contribution >= 0.6 is 11.6 Å². The first-order valence-electron chi connectivity index (χ1n) is 7.83. The van der Waals surface area contributed by atoms with Crippen LogP contribution in [0.5, 0.6) is 0 Å². The lowest BCUT2D eigenvalue weighted by Gasteiger charge is -2.22. The van der Waals surface area contributed by atoms with Crippen molar-refractivity contribution in [2.45, 2.75) is 25.6 Å². The first-order valence-corrected chi connectivity index (χ1v) is 5.71. The van der Waals surface area contributed by atoms with Gasteiger partial charge in [-0.2, -0.15) is 0 Å². The molecule has 1 unspecified atom stereocenters. The Morgan fingerprint density at radius 2 is 2.41 bits per heavy atom. The predicted molar refractivity (Wildman–Crippen MR) is 68.6 cm³/mol. The molecular weight excluding hydrogens is 234 g/mol. The maximum Gasteiger partial charge on any atom is 0.224 e. The zero-order valence-corrected chi connectivity index (χ0v) is 9.77. The first-order chi connectivity index (χ1) is 10.0. The highest BCUT2D eigenvalue weighted by Crippen LogP contribution is 2.44. The summed E-state index contributed by atoms with van der Waals surface area (Å²) in [6.07, 6.45) is -4.84. The lowest BCUT2D eigenvalue weighted by molar-refractivity contribution is -0.121. The average Bonchev–Trinajstić information content (AvgIpc) is 2.74. The van der Waals surface area contributed by atoms with E-state index in [1.165, 1.54) is 0 Å². The molecule has 17 heavy (non-hydrogen) atoms. The van der Waals surface area contributed by atoms with Gasteiger partial charge in [0.15, 0.2) is 0 Å². The summed E-state index contributed by atoms with van der Waals surface area (Å²) in [5.41, 5.74) is 6.91. The zero-order chi connectivity index (χ0) is 16.5. The number of benzene rings is 1. The van der Waals surface area contributed by atoms with Gasteiger partial charge in [0.1, 0.15) is 0 Å². The summed E-state index contributed by atoms with van der Waals surface area (Å²) >= 11 is 5.98. The van der Waals surface area contributed by atoms with Crippen LogP contribution in [0.4, 0.5) is 0 Å². The number of rotatable bonds is 1. The van der Waals surface area contributed by atoms with Crippen molar-refractivity contribution in [3.05, 3.63) is 39.9 Å². The van der Waals surface area contributed by atoms with Gasteiger partial charge in [0, 0.05) is 11.9 Å². The van der Waals surface area contributed by atoms with E-state index in [2.05, 4.69) is 0 Å². The third-order valence-corrected chi connectivity index (χ3v) is 3.32. The standard InChI is InChI=1S/C14H14ClNO/c15-9-5-4-8-6-13-10(12(8)7-9)2-1-3-11(13)14(16)17/h4-5,7,11H,1-3,6H2,(H2,16,17)/i2D2,3D2,11D. The maximum atomic E-state index is 11.9. The van der Waals surface area contributed by atoms with Gasteiger partial charge in [-0.25, -0.2) is 0 Å². The molecule has 2 nitrogen and oxygen atoms in total. The van der Waals surface area contributed by atoms with Gasteiger partial charge in [-0.1, -0.05) is 17.7 Å². The second-order valence-electron chi connectivity index (χ2n) is 4.10. The van der Waals surface area contributed by atoms with Crippen molar-refractivity contribution in [3.63, 3.8) is 0 Å². The van der Waals surface area contributed by atoms with Crippen molar-refractivity contribution < 1.29 is 11.6 Å². The van der Waals surface area contributed by atoms with Gasteiger partial charge < -0.3 is 5.73 Å². The van der Waals surface area contributed by atoms with E-state index in [9.17, 15) is 4.79 Å². The monoisotopic (exact) mass is 252 g/mol. The van der Waals surface area contributed by atoms with Crippen LogP contribution in [-0.2, 0) is 11.2 Å². The highest BCUT2D eigenvalue weighted by atomic mass is 35.5. The van der Waals surface area contributed by atoms with E-state index < -0.39 is 31.0 Å². The Hall–Kier alpha value is -1.28. The Labute approximate surface area is 112 Å². The Balaban J connectivity index is 2.33. The summed E-state index contributed by atoms with van der Waals surface area (Å²) < 4.78 is 40.9. The van der Waals surface area contributed by atoms with Gasteiger partial charge in [0.2, 0.25) is 5.91 Å². The number of hydrogen-bond donors (Lipinski definition) is 1. The highest BCUT2D eigenvalue weighted by molar-refractivity contribution is 6.30. The molecule has 1 amide bonds. The summed E-state index contributed by atoms with van der Waals surface area (Å²) in [6, 6.07) is 4.96. The summed E-state index contributed by atoms with van der Waals surface area (Å²) in [6.45, 7) is 0. The van der Waals surface area contributed by atoms with Crippen LogP contribution in [-0.4, -0.2) is 5.91 Å². The second-order valence-corrected chi connectivity index (χ2v) is 4.54. The number of hydrogen-bond acceptors (Lipinski definition) is 1. The number of nitrogens with two attached hydrogens (primary N) is 1. The SMILES string of the molecule is [2H]C1([2H])CC([2H])([2H])C([2H])(C(N)=O)C2=C1c1cc(Cl)ccc1C2. The summed E-state index contributed by atoms with van der Waals surface area (Å²) in [4.78, 5) is 11.9. The lowest BCUT2D eigenvalue weighted by atomic mass is 9.82. The number of fused-ring (bicyclic) bond motifs is 2. The molecule has 3 heteroatoms. The summed E-state index contributed by atoms with van der Waals surface area (Å²) in [7, 11) is 0. The number of allylic oxidation sites excluding steroid dienone is 1. The van der Waals surface area contributed by atoms with Gasteiger partial charge in [0.25, 0.3) is 0 Å². The molecule has 0 saturated carbocycles. The van der Waals surface area contributed by atoms with Gasteiger partial charge in [-0.15, -0.1) is 0 Å². The van der Waals surface area contributed by atoms with Crippen molar-refractivity contribution in [1.29, 1.82) is 0 Å². The molecule has 0 radical (unpaired) electrons. The van der Waals surface area contributed by atoms with Gasteiger partial charge >= 0.3 is 0 Å². The van der Waals surface area contributed by atoms with Crippen LogP contribution < -0.4 is 5.73 Å². The molecule has 0 fully saturated rings. The van der Waals surface area contributed by atoms with E-state index in [0.717, 1.165) is 5.56 Å². The van der Waals surface area contributed by atoms with E-state index in [0.29, 0.717) is 10.6 Å². The number of amides is 1. The van der Waals surface area contributed by atoms with Gasteiger partial charge in [0.05, 0.1) is 5.89 Å². The van der Waals surface area contributed by atoms with Crippen LogP contribution in [0, 0.1) is 5.89 Å². The Morgan fingerprint density at radius 1 is 1.59 bits per heavy atom. The topological polar surface area (TPSA) is 43.1 Å². The Morgan fingerprint density at radius 3 is 3.18 bits per heavy atom. The molecular formula is C14H14ClNO. The molecule has 1 atom stereocenters. The molecule has 0 spiro atoms. The first kappa shape index (κ1) is 6.60. The van der Waals surface area contributed by atoms with E-state index in [1.807, 2.05) is 0 Å². The van der Waals surface area contributed by atoms with Crippen LogP contribution in [0.25, 0.3) is 5.57 Å². The molecule has 2 aliphatic carbocycles. The maximum absolute atomic E-state index is 11.9. The quantitative estimate of drug-likeness (QED) is 0.821. The van der Waals surface area contributed by atoms with Crippen molar-refractivity contribution in [2.24, 2.45) is 11.6 Å². The number of carbonyl (C=O) groups is 1. The van der Waals surface area contributed by atoms with Crippen molar-refractivity contribution >= 4 is 23.1 Å². The van der Waals surface area contributed by atoms with Crippen LogP contribution in [0.3, 0.4) is 0 Å². The van der Waals surface area contributed by atoms with E-state index in [1.54, 1.807) is 18.2 Å². The average molecular weight is 253 g/mol.